The molecule has 1 atom stereocenters. The minimum absolute atomic E-state index is 0.141. The van der Waals surface area contributed by atoms with Crippen LogP contribution in [0.1, 0.15) is 67.2 Å². The van der Waals surface area contributed by atoms with E-state index in [2.05, 4.69) is 47.6 Å². The zero-order valence-corrected chi connectivity index (χ0v) is 22.1. The first kappa shape index (κ1) is 24.4. The van der Waals surface area contributed by atoms with Gasteiger partial charge in [-0.2, -0.15) is 0 Å². The van der Waals surface area contributed by atoms with Crippen molar-refractivity contribution in [1.29, 1.82) is 0 Å². The van der Waals surface area contributed by atoms with Crippen LogP contribution in [0, 0.1) is 6.92 Å². The molecular formula is C28H35N5O3. The first-order valence-electron chi connectivity index (χ1n) is 12.8. The summed E-state index contributed by atoms with van der Waals surface area (Å²) < 4.78 is 5.83. The lowest BCUT2D eigenvalue weighted by molar-refractivity contribution is -0.114. The summed E-state index contributed by atoms with van der Waals surface area (Å²) in [5.74, 6) is 1.23. The minimum Gasteiger partial charge on any atom is -0.494 e. The minimum atomic E-state index is -0.354. The zero-order chi connectivity index (χ0) is 25.8. The molecule has 190 valence electrons. The van der Waals surface area contributed by atoms with Crippen LogP contribution in [0.15, 0.2) is 24.4 Å². The zero-order valence-electron chi connectivity index (χ0n) is 22.1. The SMILES string of the molecule is CCOc1cc2c3c(c1)C(C)CC(C)(C)N3C(=O)C2=CC(=O)c1cnc(N2CCN(C)CC2)nc1C. The van der Waals surface area contributed by atoms with Crippen molar-refractivity contribution in [2.45, 2.75) is 52.5 Å². The van der Waals surface area contributed by atoms with Crippen LogP contribution in [0.2, 0.25) is 0 Å². The molecule has 0 aliphatic carbocycles. The van der Waals surface area contributed by atoms with Gasteiger partial charge < -0.3 is 19.4 Å². The molecule has 1 aromatic heterocycles. The quantitative estimate of drug-likeness (QED) is 0.466. The van der Waals surface area contributed by atoms with Crippen molar-refractivity contribution in [1.82, 2.24) is 14.9 Å². The largest absolute Gasteiger partial charge is 0.494 e. The van der Waals surface area contributed by atoms with Gasteiger partial charge in [0, 0.05) is 43.5 Å². The highest BCUT2D eigenvalue weighted by atomic mass is 16.5. The molecule has 36 heavy (non-hydrogen) atoms. The van der Waals surface area contributed by atoms with Gasteiger partial charge in [0.2, 0.25) is 5.95 Å². The van der Waals surface area contributed by atoms with Crippen LogP contribution in [0.4, 0.5) is 11.6 Å². The summed E-state index contributed by atoms with van der Waals surface area (Å²) in [6, 6.07) is 3.94. The molecule has 1 unspecified atom stereocenters. The number of allylic oxidation sites excluding steroid dienone is 1. The third-order valence-corrected chi connectivity index (χ3v) is 7.61. The van der Waals surface area contributed by atoms with Gasteiger partial charge in [-0.05, 0) is 70.9 Å². The van der Waals surface area contributed by atoms with E-state index in [-0.39, 0.29) is 23.1 Å². The predicted octanol–water partition coefficient (Wildman–Crippen LogP) is 3.83. The first-order chi connectivity index (χ1) is 17.1. The standard InChI is InChI=1S/C28H35N5O3/c1-7-36-19-12-20-17(2)15-28(4,5)33-25(20)21(13-19)22(26(33)35)14-24(34)23-16-29-27(30-18(23)3)32-10-8-31(6)9-11-32/h12-14,16-17H,7-11,15H2,1-6H3. The van der Waals surface area contributed by atoms with Crippen molar-refractivity contribution in [3.8, 4) is 5.75 Å². The molecule has 0 spiro atoms. The van der Waals surface area contributed by atoms with Crippen molar-refractivity contribution < 1.29 is 14.3 Å². The molecule has 1 fully saturated rings. The second kappa shape index (κ2) is 9.00. The van der Waals surface area contributed by atoms with E-state index in [1.807, 2.05) is 30.9 Å². The van der Waals surface area contributed by atoms with Gasteiger partial charge in [0.05, 0.1) is 29.1 Å². The fourth-order valence-corrected chi connectivity index (χ4v) is 5.78. The number of ether oxygens (including phenoxy) is 1. The van der Waals surface area contributed by atoms with Gasteiger partial charge in [-0.1, -0.05) is 6.92 Å². The predicted molar refractivity (Wildman–Crippen MR) is 141 cm³/mol. The number of rotatable bonds is 5. The highest BCUT2D eigenvalue weighted by Crippen LogP contribution is 2.53. The summed E-state index contributed by atoms with van der Waals surface area (Å²) >= 11 is 0. The van der Waals surface area contributed by atoms with E-state index in [0.29, 0.717) is 29.4 Å². The van der Waals surface area contributed by atoms with E-state index in [4.69, 9.17) is 4.74 Å². The van der Waals surface area contributed by atoms with Crippen LogP contribution in [-0.4, -0.2) is 71.9 Å². The average molecular weight is 490 g/mol. The number of piperazine rings is 1. The number of aromatic nitrogens is 2. The molecule has 3 aliphatic heterocycles. The Morgan fingerprint density at radius 1 is 1.22 bits per heavy atom. The van der Waals surface area contributed by atoms with Crippen LogP contribution >= 0.6 is 0 Å². The van der Waals surface area contributed by atoms with Crippen molar-refractivity contribution in [2.24, 2.45) is 0 Å². The second-order valence-electron chi connectivity index (χ2n) is 10.8. The van der Waals surface area contributed by atoms with Crippen molar-refractivity contribution in [3.63, 3.8) is 0 Å². The van der Waals surface area contributed by atoms with Crippen LogP contribution < -0.4 is 14.5 Å². The van der Waals surface area contributed by atoms with Gasteiger partial charge in [-0.3, -0.25) is 9.59 Å². The van der Waals surface area contributed by atoms with E-state index in [1.54, 1.807) is 6.20 Å². The summed E-state index contributed by atoms with van der Waals surface area (Å²) in [6.07, 6.45) is 3.90. The molecule has 5 rings (SSSR count). The molecule has 1 amide bonds. The van der Waals surface area contributed by atoms with Crippen molar-refractivity contribution in [2.75, 3.05) is 49.6 Å². The summed E-state index contributed by atoms with van der Waals surface area (Å²) in [5, 5.41) is 0. The monoisotopic (exact) mass is 489 g/mol. The van der Waals surface area contributed by atoms with Crippen LogP contribution in [-0.2, 0) is 4.79 Å². The lowest BCUT2D eigenvalue weighted by atomic mass is 9.80. The molecule has 0 N–H and O–H groups in total. The Hall–Kier alpha value is -3.26. The molecule has 0 saturated carbocycles. The first-order valence-corrected chi connectivity index (χ1v) is 12.8. The fourth-order valence-electron chi connectivity index (χ4n) is 5.78. The molecule has 0 radical (unpaired) electrons. The number of hydrogen-bond acceptors (Lipinski definition) is 7. The normalized spacial score (nSPS) is 22.2. The lowest BCUT2D eigenvalue weighted by Gasteiger charge is -2.43. The maximum absolute atomic E-state index is 13.7. The maximum atomic E-state index is 13.7. The number of anilines is 2. The highest BCUT2D eigenvalue weighted by molar-refractivity contribution is 6.36. The van der Waals surface area contributed by atoms with E-state index in [9.17, 15) is 9.59 Å². The van der Waals surface area contributed by atoms with Gasteiger partial charge in [0.25, 0.3) is 5.91 Å². The van der Waals surface area contributed by atoms with Gasteiger partial charge in [0.1, 0.15) is 5.75 Å². The summed E-state index contributed by atoms with van der Waals surface area (Å²) in [5.41, 5.74) is 3.85. The van der Waals surface area contributed by atoms with Crippen LogP contribution in [0.3, 0.4) is 0 Å². The van der Waals surface area contributed by atoms with Crippen molar-refractivity contribution >= 4 is 28.9 Å². The van der Waals surface area contributed by atoms with E-state index in [0.717, 1.165) is 55.2 Å². The third-order valence-electron chi connectivity index (χ3n) is 7.61. The Kier molecular flexibility index (Phi) is 6.11. The number of likely N-dealkylation sites (N-methyl/N-ethyl adjacent to an activating group) is 1. The van der Waals surface area contributed by atoms with E-state index < -0.39 is 0 Å². The number of carbonyl (C=O) groups excluding carboxylic acids is 2. The van der Waals surface area contributed by atoms with E-state index >= 15 is 0 Å². The van der Waals surface area contributed by atoms with Gasteiger partial charge in [-0.25, -0.2) is 9.97 Å². The van der Waals surface area contributed by atoms with Gasteiger partial charge in [0.15, 0.2) is 5.78 Å². The molecule has 8 nitrogen and oxygen atoms in total. The molecule has 8 heteroatoms. The van der Waals surface area contributed by atoms with Crippen LogP contribution in [0.5, 0.6) is 5.75 Å². The van der Waals surface area contributed by atoms with Crippen LogP contribution in [0.25, 0.3) is 5.57 Å². The molecule has 2 aromatic rings. The molecule has 0 bridgehead atoms. The molecule has 1 saturated heterocycles. The molecule has 1 aromatic carbocycles. The van der Waals surface area contributed by atoms with Gasteiger partial charge >= 0.3 is 0 Å². The number of aryl methyl sites for hydroxylation is 1. The number of carbonyl (C=O) groups is 2. The second-order valence-corrected chi connectivity index (χ2v) is 10.8. The Morgan fingerprint density at radius 3 is 2.61 bits per heavy atom. The third kappa shape index (κ3) is 4.07. The Labute approximate surface area is 213 Å². The number of nitrogens with zero attached hydrogens (tertiary/aromatic N) is 5. The smallest absolute Gasteiger partial charge is 0.259 e. The number of benzene rings is 1. The Bertz CT molecular complexity index is 1260. The Morgan fingerprint density at radius 2 is 1.94 bits per heavy atom. The van der Waals surface area contributed by atoms with E-state index in [1.165, 1.54) is 6.08 Å². The lowest BCUT2D eigenvalue weighted by Crippen LogP contribution is -2.49. The average Bonchev–Trinajstić information content (AvgIpc) is 3.10. The highest BCUT2D eigenvalue weighted by Gasteiger charge is 2.47. The number of ketones is 1. The molecular weight excluding hydrogens is 454 g/mol. The van der Waals surface area contributed by atoms with Crippen molar-refractivity contribution in [3.05, 3.63) is 46.8 Å². The summed E-state index contributed by atoms with van der Waals surface area (Å²) in [4.78, 5) is 42.6. The summed E-state index contributed by atoms with van der Waals surface area (Å²) in [7, 11) is 2.10. The number of amides is 1. The molecule has 3 aliphatic rings. The number of hydrogen-bond donors (Lipinski definition) is 0. The summed E-state index contributed by atoms with van der Waals surface area (Å²) in [6.45, 7) is 14.3. The topological polar surface area (TPSA) is 78.9 Å². The van der Waals surface area contributed by atoms with Gasteiger partial charge in [-0.15, -0.1) is 0 Å². The fraction of sp³-hybridized carbons (Fsp3) is 0.500. The Balaban J connectivity index is 1.52. The molecule has 4 heterocycles. The maximum Gasteiger partial charge on any atom is 0.259 e.